The van der Waals surface area contributed by atoms with Gasteiger partial charge in [-0.3, -0.25) is 0 Å². The van der Waals surface area contributed by atoms with Crippen molar-refractivity contribution >= 4 is 5.82 Å². The van der Waals surface area contributed by atoms with Crippen LogP contribution in [0.2, 0.25) is 0 Å². The molecule has 0 unspecified atom stereocenters. The van der Waals surface area contributed by atoms with Crippen LogP contribution >= 0.6 is 0 Å². The number of aliphatic hydroxyl groups is 1. The van der Waals surface area contributed by atoms with Crippen LogP contribution in [0.25, 0.3) is 0 Å². The van der Waals surface area contributed by atoms with Crippen LogP contribution in [0.3, 0.4) is 0 Å². The summed E-state index contributed by atoms with van der Waals surface area (Å²) in [6.45, 7) is 0.535. The fourth-order valence-corrected chi connectivity index (χ4v) is 2.01. The van der Waals surface area contributed by atoms with E-state index in [-0.39, 0.29) is 0 Å². The van der Waals surface area contributed by atoms with E-state index in [9.17, 15) is 5.11 Å². The largest absolute Gasteiger partial charge is 0.481 e. The van der Waals surface area contributed by atoms with Crippen molar-refractivity contribution in [3.05, 3.63) is 12.4 Å². The van der Waals surface area contributed by atoms with E-state index in [1.807, 2.05) is 0 Å². The highest BCUT2D eigenvalue weighted by Gasteiger charge is 2.30. The average Bonchev–Trinajstić information content (AvgIpc) is 2.75. The van der Waals surface area contributed by atoms with Crippen LogP contribution in [0, 0.1) is 0 Å². The predicted octanol–water partition coefficient (Wildman–Crippen LogP) is 1.20. The van der Waals surface area contributed by atoms with Gasteiger partial charge in [-0.2, -0.15) is 0 Å². The lowest BCUT2D eigenvalue weighted by atomic mass is 10.0. The van der Waals surface area contributed by atoms with Crippen LogP contribution in [0.5, 0.6) is 5.88 Å². The van der Waals surface area contributed by atoms with E-state index in [0.29, 0.717) is 18.2 Å². The minimum Gasteiger partial charge on any atom is -0.481 e. The molecule has 1 aliphatic carbocycles. The Morgan fingerprint density at radius 1 is 1.44 bits per heavy atom. The minimum absolute atomic E-state index is 0.524. The van der Waals surface area contributed by atoms with Gasteiger partial charge >= 0.3 is 0 Å². The van der Waals surface area contributed by atoms with Crippen molar-refractivity contribution in [2.24, 2.45) is 0 Å². The summed E-state index contributed by atoms with van der Waals surface area (Å²) in [5.74, 6) is 1.21. The summed E-state index contributed by atoms with van der Waals surface area (Å²) in [7, 11) is 1.57. The number of ether oxygens (including phenoxy) is 1. The van der Waals surface area contributed by atoms with Crippen LogP contribution in [-0.2, 0) is 0 Å². The van der Waals surface area contributed by atoms with Crippen molar-refractivity contribution < 1.29 is 9.84 Å². The molecule has 88 valence electrons. The van der Waals surface area contributed by atoms with Crippen molar-refractivity contribution in [1.82, 2.24) is 9.97 Å². The summed E-state index contributed by atoms with van der Waals surface area (Å²) >= 11 is 0. The standard InChI is InChI=1S/C11H17N3O2/c1-16-10-6-9(13-8-14-10)12-7-11(15)4-2-3-5-11/h6,8,15H,2-5,7H2,1H3,(H,12,13,14). The lowest BCUT2D eigenvalue weighted by Crippen LogP contribution is -2.33. The third-order valence-electron chi connectivity index (χ3n) is 2.98. The van der Waals surface area contributed by atoms with Crippen LogP contribution in [0.1, 0.15) is 25.7 Å². The number of rotatable bonds is 4. The highest BCUT2D eigenvalue weighted by atomic mass is 16.5. The lowest BCUT2D eigenvalue weighted by Gasteiger charge is -2.22. The summed E-state index contributed by atoms with van der Waals surface area (Å²) in [6.07, 6.45) is 5.38. The van der Waals surface area contributed by atoms with Crippen molar-refractivity contribution in [2.75, 3.05) is 19.0 Å². The molecule has 16 heavy (non-hydrogen) atoms. The number of methoxy groups -OCH3 is 1. The maximum atomic E-state index is 10.1. The molecule has 0 aromatic carbocycles. The van der Waals surface area contributed by atoms with Gasteiger partial charge in [0, 0.05) is 12.6 Å². The number of anilines is 1. The van der Waals surface area contributed by atoms with Gasteiger partial charge in [0.05, 0.1) is 12.7 Å². The quantitative estimate of drug-likeness (QED) is 0.803. The van der Waals surface area contributed by atoms with Gasteiger partial charge in [0.25, 0.3) is 0 Å². The number of aromatic nitrogens is 2. The first-order valence-electron chi connectivity index (χ1n) is 5.54. The Morgan fingerprint density at radius 3 is 2.88 bits per heavy atom. The molecule has 1 aromatic heterocycles. The molecule has 1 saturated carbocycles. The summed E-state index contributed by atoms with van der Waals surface area (Å²) in [4.78, 5) is 7.99. The Kier molecular flexibility index (Phi) is 3.24. The molecular weight excluding hydrogens is 206 g/mol. The number of nitrogens with zero attached hydrogens (tertiary/aromatic N) is 2. The lowest BCUT2D eigenvalue weighted by molar-refractivity contribution is 0.0614. The molecular formula is C11H17N3O2. The molecule has 1 heterocycles. The fraction of sp³-hybridized carbons (Fsp3) is 0.636. The summed E-state index contributed by atoms with van der Waals surface area (Å²) in [6, 6.07) is 1.72. The highest BCUT2D eigenvalue weighted by Crippen LogP contribution is 2.29. The Balaban J connectivity index is 1.93. The molecule has 0 atom stereocenters. The highest BCUT2D eigenvalue weighted by molar-refractivity contribution is 5.37. The van der Waals surface area contributed by atoms with E-state index in [1.54, 1.807) is 13.2 Å². The first kappa shape index (κ1) is 11.1. The van der Waals surface area contributed by atoms with E-state index < -0.39 is 5.60 Å². The first-order valence-corrected chi connectivity index (χ1v) is 5.54. The fourth-order valence-electron chi connectivity index (χ4n) is 2.01. The molecule has 0 amide bonds. The van der Waals surface area contributed by atoms with Crippen molar-refractivity contribution in [3.8, 4) is 5.88 Å². The zero-order valence-electron chi connectivity index (χ0n) is 9.44. The summed E-state index contributed by atoms with van der Waals surface area (Å²) in [5.41, 5.74) is -0.571. The Labute approximate surface area is 94.9 Å². The van der Waals surface area contributed by atoms with Crippen LogP contribution < -0.4 is 10.1 Å². The zero-order chi connectivity index (χ0) is 11.4. The van der Waals surface area contributed by atoms with E-state index in [1.165, 1.54) is 6.33 Å². The maximum absolute atomic E-state index is 10.1. The second kappa shape index (κ2) is 4.65. The monoisotopic (exact) mass is 223 g/mol. The number of hydrogen-bond donors (Lipinski definition) is 2. The smallest absolute Gasteiger partial charge is 0.218 e. The maximum Gasteiger partial charge on any atom is 0.218 e. The zero-order valence-corrected chi connectivity index (χ0v) is 9.44. The van der Waals surface area contributed by atoms with Crippen LogP contribution in [0.4, 0.5) is 5.82 Å². The van der Waals surface area contributed by atoms with E-state index in [2.05, 4.69) is 15.3 Å². The van der Waals surface area contributed by atoms with Crippen molar-refractivity contribution in [3.63, 3.8) is 0 Å². The molecule has 5 heteroatoms. The molecule has 2 rings (SSSR count). The molecule has 0 bridgehead atoms. The van der Waals surface area contributed by atoms with Crippen LogP contribution in [-0.4, -0.2) is 34.3 Å². The third kappa shape index (κ3) is 2.61. The molecule has 5 nitrogen and oxygen atoms in total. The van der Waals surface area contributed by atoms with Crippen LogP contribution in [0.15, 0.2) is 12.4 Å². The summed E-state index contributed by atoms with van der Waals surface area (Å²) in [5, 5.41) is 13.3. The minimum atomic E-state index is -0.571. The van der Waals surface area contributed by atoms with E-state index in [4.69, 9.17) is 4.74 Å². The third-order valence-corrected chi connectivity index (χ3v) is 2.98. The van der Waals surface area contributed by atoms with Gasteiger partial charge in [0.2, 0.25) is 5.88 Å². The van der Waals surface area contributed by atoms with Gasteiger partial charge in [-0.25, -0.2) is 9.97 Å². The molecule has 1 fully saturated rings. The van der Waals surface area contributed by atoms with Gasteiger partial charge in [-0.1, -0.05) is 12.8 Å². The second-order valence-electron chi connectivity index (χ2n) is 4.23. The van der Waals surface area contributed by atoms with Gasteiger partial charge in [-0.05, 0) is 12.8 Å². The number of nitrogens with one attached hydrogen (secondary N) is 1. The molecule has 2 N–H and O–H groups in total. The van der Waals surface area contributed by atoms with Crippen molar-refractivity contribution in [2.45, 2.75) is 31.3 Å². The molecule has 0 spiro atoms. The molecule has 1 aliphatic rings. The number of hydrogen-bond acceptors (Lipinski definition) is 5. The molecule has 1 aromatic rings. The Hall–Kier alpha value is -1.36. The van der Waals surface area contributed by atoms with Crippen molar-refractivity contribution in [1.29, 1.82) is 0 Å². The first-order chi connectivity index (χ1) is 7.72. The van der Waals surface area contributed by atoms with E-state index >= 15 is 0 Å². The topological polar surface area (TPSA) is 67.3 Å². The normalized spacial score (nSPS) is 18.4. The molecule has 0 radical (unpaired) electrons. The molecule has 0 aliphatic heterocycles. The van der Waals surface area contributed by atoms with Gasteiger partial charge in [0.1, 0.15) is 12.1 Å². The van der Waals surface area contributed by atoms with Gasteiger partial charge in [-0.15, -0.1) is 0 Å². The molecule has 0 saturated heterocycles. The summed E-state index contributed by atoms with van der Waals surface area (Å²) < 4.78 is 5.00. The van der Waals surface area contributed by atoms with E-state index in [0.717, 1.165) is 25.7 Å². The average molecular weight is 223 g/mol. The Morgan fingerprint density at radius 2 is 2.19 bits per heavy atom. The second-order valence-corrected chi connectivity index (χ2v) is 4.23. The Bertz CT molecular complexity index is 351. The SMILES string of the molecule is COc1cc(NCC2(O)CCCC2)ncn1. The van der Waals surface area contributed by atoms with Gasteiger partial charge < -0.3 is 15.2 Å². The van der Waals surface area contributed by atoms with Gasteiger partial charge in [0.15, 0.2) is 0 Å². The predicted molar refractivity (Wildman–Crippen MR) is 60.5 cm³/mol.